The molecule has 0 bridgehead atoms. The van der Waals surface area contributed by atoms with Crippen LogP contribution in [-0.2, 0) is 10.0 Å². The molecule has 2 aromatic rings. The normalized spacial score (nSPS) is 19.2. The molecule has 0 aliphatic carbocycles. The zero-order valence-electron chi connectivity index (χ0n) is 12.8. The van der Waals surface area contributed by atoms with Crippen LogP contribution in [0.4, 0.5) is 0 Å². The molecule has 3 rings (SSSR count). The molecule has 0 spiro atoms. The first-order valence-electron chi connectivity index (χ1n) is 7.13. The molecule has 1 aromatic carbocycles. The van der Waals surface area contributed by atoms with Crippen molar-refractivity contribution in [3.05, 3.63) is 35.4 Å². The van der Waals surface area contributed by atoms with Crippen LogP contribution in [0.2, 0.25) is 5.02 Å². The lowest BCUT2D eigenvalue weighted by Crippen LogP contribution is -2.29. The first-order chi connectivity index (χ1) is 10.9. The van der Waals surface area contributed by atoms with Crippen molar-refractivity contribution < 1.29 is 13.2 Å². The van der Waals surface area contributed by atoms with Crippen molar-refractivity contribution in [3.63, 3.8) is 0 Å². The molecule has 1 fully saturated rings. The lowest BCUT2D eigenvalue weighted by atomic mass is 10.2. The molecule has 1 saturated heterocycles. The van der Waals surface area contributed by atoms with Gasteiger partial charge < -0.3 is 9.30 Å². The van der Waals surface area contributed by atoms with Crippen LogP contribution < -0.4 is 4.74 Å². The predicted molar refractivity (Wildman–Crippen MR) is 85.2 cm³/mol. The number of ether oxygens (including phenoxy) is 1. The van der Waals surface area contributed by atoms with E-state index >= 15 is 0 Å². The smallest absolute Gasteiger partial charge is 0.246 e. The van der Waals surface area contributed by atoms with E-state index in [1.54, 1.807) is 18.5 Å². The molecule has 1 aliphatic rings. The number of aromatic nitrogens is 3. The Kier molecular flexibility index (Phi) is 4.31. The van der Waals surface area contributed by atoms with Crippen molar-refractivity contribution in [2.45, 2.75) is 24.3 Å². The average Bonchev–Trinajstić information content (AvgIpc) is 3.16. The maximum absolute atomic E-state index is 12.9. The highest BCUT2D eigenvalue weighted by Gasteiger charge is 2.35. The van der Waals surface area contributed by atoms with Gasteiger partial charge in [-0.3, -0.25) is 0 Å². The van der Waals surface area contributed by atoms with E-state index in [9.17, 15) is 8.42 Å². The molecule has 1 aliphatic heterocycles. The van der Waals surface area contributed by atoms with Crippen LogP contribution in [0, 0.1) is 6.92 Å². The van der Waals surface area contributed by atoms with Crippen LogP contribution in [0.1, 0.15) is 18.3 Å². The summed E-state index contributed by atoms with van der Waals surface area (Å²) in [5, 5.41) is 8.17. The highest BCUT2D eigenvalue weighted by molar-refractivity contribution is 7.89. The summed E-state index contributed by atoms with van der Waals surface area (Å²) >= 11 is 5.96. The van der Waals surface area contributed by atoms with Gasteiger partial charge in [-0.15, -0.1) is 10.2 Å². The summed E-state index contributed by atoms with van der Waals surface area (Å²) in [6, 6.07) is 4.62. The number of nitrogens with zero attached hydrogens (tertiary/aromatic N) is 4. The largest absolute Gasteiger partial charge is 0.495 e. The quantitative estimate of drug-likeness (QED) is 0.836. The van der Waals surface area contributed by atoms with Gasteiger partial charge in [-0.1, -0.05) is 11.6 Å². The summed E-state index contributed by atoms with van der Waals surface area (Å²) in [6.07, 6.45) is 2.34. The number of aryl methyl sites for hydroxylation is 1. The fourth-order valence-corrected chi connectivity index (χ4v) is 4.72. The Morgan fingerprint density at radius 2 is 2.17 bits per heavy atom. The Morgan fingerprint density at radius 3 is 2.83 bits per heavy atom. The van der Waals surface area contributed by atoms with Crippen molar-refractivity contribution in [2.75, 3.05) is 20.2 Å². The number of hydrogen-bond donors (Lipinski definition) is 0. The zero-order chi connectivity index (χ0) is 16.6. The average molecular weight is 357 g/mol. The molecule has 2 heterocycles. The van der Waals surface area contributed by atoms with Gasteiger partial charge in [0.05, 0.1) is 13.2 Å². The highest BCUT2D eigenvalue weighted by Crippen LogP contribution is 2.33. The van der Waals surface area contributed by atoms with E-state index in [0.29, 0.717) is 30.3 Å². The minimum atomic E-state index is -3.67. The van der Waals surface area contributed by atoms with Crippen LogP contribution >= 0.6 is 11.6 Å². The molecule has 0 radical (unpaired) electrons. The van der Waals surface area contributed by atoms with Crippen LogP contribution in [0.25, 0.3) is 0 Å². The predicted octanol–water partition coefficient (Wildman–Crippen LogP) is 1.88. The standard InChI is InChI=1S/C14H17ClN4O3S/c1-10-17-16-9-19(10)12-5-6-18(8-12)23(20,21)14-7-11(15)3-4-13(14)22-2/h3-4,7,9,12H,5-6,8H2,1-2H3. The van der Waals surface area contributed by atoms with Gasteiger partial charge in [0.25, 0.3) is 0 Å². The van der Waals surface area contributed by atoms with Crippen molar-refractivity contribution in [2.24, 2.45) is 0 Å². The van der Waals surface area contributed by atoms with E-state index in [-0.39, 0.29) is 10.9 Å². The maximum Gasteiger partial charge on any atom is 0.246 e. The number of hydrogen-bond acceptors (Lipinski definition) is 5. The summed E-state index contributed by atoms with van der Waals surface area (Å²) in [7, 11) is -2.23. The number of sulfonamides is 1. The number of halogens is 1. The molecular weight excluding hydrogens is 340 g/mol. The highest BCUT2D eigenvalue weighted by atomic mass is 35.5. The Balaban J connectivity index is 1.90. The fourth-order valence-electron chi connectivity index (χ4n) is 2.81. The van der Waals surface area contributed by atoms with Crippen LogP contribution in [0.5, 0.6) is 5.75 Å². The van der Waals surface area contributed by atoms with E-state index in [1.807, 2.05) is 11.5 Å². The van der Waals surface area contributed by atoms with Crippen LogP contribution in [0.15, 0.2) is 29.4 Å². The number of methoxy groups -OCH3 is 1. The third-order valence-corrected chi connectivity index (χ3v) is 6.14. The van der Waals surface area contributed by atoms with Crippen LogP contribution in [0.3, 0.4) is 0 Å². The van der Waals surface area contributed by atoms with Crippen LogP contribution in [-0.4, -0.2) is 47.7 Å². The van der Waals surface area contributed by atoms with E-state index in [4.69, 9.17) is 16.3 Å². The lowest BCUT2D eigenvalue weighted by Gasteiger charge is -2.19. The molecule has 1 aromatic heterocycles. The monoisotopic (exact) mass is 356 g/mol. The Morgan fingerprint density at radius 1 is 1.39 bits per heavy atom. The first-order valence-corrected chi connectivity index (χ1v) is 8.95. The summed E-state index contributed by atoms with van der Waals surface area (Å²) in [6.45, 7) is 2.65. The van der Waals surface area contributed by atoms with E-state index < -0.39 is 10.0 Å². The third-order valence-electron chi connectivity index (χ3n) is 4.02. The summed E-state index contributed by atoms with van der Waals surface area (Å²) < 4.78 is 34.4. The molecule has 124 valence electrons. The number of rotatable bonds is 4. The second-order valence-corrected chi connectivity index (χ2v) is 7.73. The minimum Gasteiger partial charge on any atom is -0.495 e. The summed E-state index contributed by atoms with van der Waals surface area (Å²) in [5.74, 6) is 1.06. The second kappa shape index (κ2) is 6.10. The molecule has 23 heavy (non-hydrogen) atoms. The van der Waals surface area contributed by atoms with E-state index in [0.717, 1.165) is 5.82 Å². The van der Waals surface area contributed by atoms with E-state index in [1.165, 1.54) is 17.5 Å². The minimum absolute atomic E-state index is 0.0324. The molecule has 1 unspecified atom stereocenters. The van der Waals surface area contributed by atoms with Gasteiger partial charge in [0, 0.05) is 18.1 Å². The van der Waals surface area contributed by atoms with E-state index in [2.05, 4.69) is 10.2 Å². The van der Waals surface area contributed by atoms with Gasteiger partial charge in [0.1, 0.15) is 22.8 Å². The maximum atomic E-state index is 12.9. The van der Waals surface area contributed by atoms with Crippen molar-refractivity contribution in [3.8, 4) is 5.75 Å². The topological polar surface area (TPSA) is 77.3 Å². The van der Waals surface area contributed by atoms with Gasteiger partial charge in [0.2, 0.25) is 10.0 Å². The summed E-state index contributed by atoms with van der Waals surface area (Å²) in [4.78, 5) is 0.0913. The second-order valence-electron chi connectivity index (χ2n) is 5.39. The molecule has 7 nitrogen and oxygen atoms in total. The van der Waals surface area contributed by atoms with Gasteiger partial charge >= 0.3 is 0 Å². The third kappa shape index (κ3) is 2.93. The van der Waals surface area contributed by atoms with Gasteiger partial charge in [-0.2, -0.15) is 4.31 Å². The van der Waals surface area contributed by atoms with Crippen molar-refractivity contribution >= 4 is 21.6 Å². The number of benzene rings is 1. The molecule has 0 amide bonds. The van der Waals surface area contributed by atoms with Crippen molar-refractivity contribution in [1.82, 2.24) is 19.1 Å². The van der Waals surface area contributed by atoms with Crippen molar-refractivity contribution in [1.29, 1.82) is 0 Å². The zero-order valence-corrected chi connectivity index (χ0v) is 14.4. The SMILES string of the molecule is COc1ccc(Cl)cc1S(=O)(=O)N1CCC(n2cnnc2C)C1. The summed E-state index contributed by atoms with van der Waals surface area (Å²) in [5.41, 5.74) is 0. The first kappa shape index (κ1) is 16.2. The molecule has 9 heteroatoms. The molecule has 0 saturated carbocycles. The lowest BCUT2D eigenvalue weighted by molar-refractivity contribution is 0.397. The molecule has 0 N–H and O–H groups in total. The van der Waals surface area contributed by atoms with Gasteiger partial charge in [0.15, 0.2) is 0 Å². The van der Waals surface area contributed by atoms with Gasteiger partial charge in [-0.05, 0) is 31.5 Å². The Labute approximate surface area is 139 Å². The Hall–Kier alpha value is -1.64. The Bertz CT molecular complexity index is 821. The molecule has 1 atom stereocenters. The van der Waals surface area contributed by atoms with Gasteiger partial charge in [-0.25, -0.2) is 8.42 Å². The fraction of sp³-hybridized carbons (Fsp3) is 0.429. The molecular formula is C14H17ClN4O3S.